The molecule has 1 aromatic carbocycles. The first-order valence-electron chi connectivity index (χ1n) is 6.61. The third-order valence-corrected chi connectivity index (χ3v) is 5.55. The number of thiocarbonyl (C=S) groups is 1. The molecule has 1 saturated heterocycles. The van der Waals surface area contributed by atoms with Crippen LogP contribution in [0.3, 0.4) is 0 Å². The zero-order chi connectivity index (χ0) is 15.5. The van der Waals surface area contributed by atoms with Gasteiger partial charge in [-0.25, -0.2) is 0 Å². The van der Waals surface area contributed by atoms with Crippen LogP contribution in [0.4, 0.5) is 0 Å². The van der Waals surface area contributed by atoms with Gasteiger partial charge < -0.3 is 4.42 Å². The predicted octanol–water partition coefficient (Wildman–Crippen LogP) is 4.40. The summed E-state index contributed by atoms with van der Waals surface area (Å²) in [7, 11) is 1.68. The second-order valence-electron chi connectivity index (χ2n) is 4.67. The van der Waals surface area contributed by atoms with Crippen molar-refractivity contribution >= 4 is 52.0 Å². The first kappa shape index (κ1) is 15.4. The average Bonchev–Trinajstić information content (AvgIpc) is 3.07. The highest BCUT2D eigenvalue weighted by molar-refractivity contribution is 8.26. The van der Waals surface area contributed by atoms with Crippen LogP contribution < -0.4 is 0 Å². The Morgan fingerprint density at radius 1 is 1.27 bits per heavy atom. The summed E-state index contributed by atoms with van der Waals surface area (Å²) in [6.45, 7) is 0. The van der Waals surface area contributed by atoms with Gasteiger partial charge in [0.1, 0.15) is 10.1 Å². The predicted molar refractivity (Wildman–Crippen MR) is 95.6 cm³/mol. The van der Waals surface area contributed by atoms with Gasteiger partial charge in [0, 0.05) is 18.9 Å². The third-order valence-electron chi connectivity index (χ3n) is 3.09. The van der Waals surface area contributed by atoms with Gasteiger partial charge in [0.2, 0.25) is 0 Å². The Kier molecular flexibility index (Phi) is 4.71. The molecular weight excluding hydrogens is 334 g/mol. The molecule has 1 aliphatic heterocycles. The Bertz CT molecular complexity index is 737. The maximum Gasteiger partial charge on any atom is 0.266 e. The summed E-state index contributed by atoms with van der Waals surface area (Å²) in [5.41, 5.74) is 1.25. The van der Waals surface area contributed by atoms with E-state index in [1.165, 1.54) is 22.2 Å². The van der Waals surface area contributed by atoms with Crippen LogP contribution in [0.15, 0.2) is 56.9 Å². The van der Waals surface area contributed by atoms with Crippen molar-refractivity contribution in [2.75, 3.05) is 7.05 Å². The average molecular weight is 347 g/mol. The van der Waals surface area contributed by atoms with Crippen LogP contribution >= 0.6 is 35.7 Å². The molecule has 3 rings (SSSR count). The fourth-order valence-electron chi connectivity index (χ4n) is 1.89. The largest absolute Gasteiger partial charge is 0.450 e. The van der Waals surface area contributed by atoms with E-state index in [4.69, 9.17) is 16.6 Å². The molecule has 0 spiro atoms. The number of benzene rings is 1. The number of rotatable bonds is 4. The van der Waals surface area contributed by atoms with E-state index in [1.807, 2.05) is 30.3 Å². The molecule has 0 N–H and O–H groups in total. The zero-order valence-corrected chi connectivity index (χ0v) is 14.3. The molecule has 1 fully saturated rings. The fraction of sp³-hybridized carbons (Fsp3) is 0.125. The monoisotopic (exact) mass is 347 g/mol. The Hall–Kier alpha value is -1.50. The maximum atomic E-state index is 11.9. The lowest BCUT2D eigenvalue weighted by Crippen LogP contribution is -2.22. The molecule has 0 radical (unpaired) electrons. The van der Waals surface area contributed by atoms with Gasteiger partial charge in [-0.15, -0.1) is 0 Å². The molecule has 6 heteroatoms. The van der Waals surface area contributed by atoms with Crippen molar-refractivity contribution in [2.24, 2.45) is 0 Å². The maximum absolute atomic E-state index is 11.9. The van der Waals surface area contributed by atoms with Crippen molar-refractivity contribution in [1.82, 2.24) is 4.90 Å². The standard InChI is InChI=1S/C16H13NO2S3/c1-17-15(18)13(22-16(17)20)9-12-7-8-14(19-12)21-10-11-5-3-2-4-6-11/h2-9H,10H2,1H3. The Morgan fingerprint density at radius 3 is 2.73 bits per heavy atom. The van der Waals surface area contributed by atoms with Crippen molar-refractivity contribution in [3.8, 4) is 0 Å². The summed E-state index contributed by atoms with van der Waals surface area (Å²) in [6.07, 6.45) is 1.75. The summed E-state index contributed by atoms with van der Waals surface area (Å²) < 4.78 is 6.32. The van der Waals surface area contributed by atoms with E-state index in [9.17, 15) is 4.79 Å². The SMILES string of the molecule is CN1C(=O)C(=Cc2ccc(SCc3ccccc3)o2)SC1=S. The molecule has 0 aliphatic carbocycles. The molecule has 0 unspecified atom stereocenters. The highest BCUT2D eigenvalue weighted by Gasteiger charge is 2.28. The van der Waals surface area contributed by atoms with Crippen molar-refractivity contribution in [2.45, 2.75) is 10.8 Å². The zero-order valence-electron chi connectivity index (χ0n) is 11.8. The van der Waals surface area contributed by atoms with Crippen molar-refractivity contribution in [3.05, 3.63) is 58.7 Å². The number of nitrogens with zero attached hydrogens (tertiary/aromatic N) is 1. The smallest absolute Gasteiger partial charge is 0.266 e. The van der Waals surface area contributed by atoms with Gasteiger partial charge in [-0.1, -0.05) is 66.1 Å². The van der Waals surface area contributed by atoms with Crippen LogP contribution in [0.1, 0.15) is 11.3 Å². The number of carbonyl (C=O) groups is 1. The van der Waals surface area contributed by atoms with E-state index in [2.05, 4.69) is 12.1 Å². The molecule has 0 saturated carbocycles. The summed E-state index contributed by atoms with van der Waals surface area (Å²) >= 11 is 8.03. The van der Waals surface area contributed by atoms with Gasteiger partial charge in [0.05, 0.1) is 4.91 Å². The molecule has 3 nitrogen and oxygen atoms in total. The highest BCUT2D eigenvalue weighted by Crippen LogP contribution is 2.32. The van der Waals surface area contributed by atoms with Crippen LogP contribution in [0, 0.1) is 0 Å². The normalized spacial score (nSPS) is 16.8. The summed E-state index contributed by atoms with van der Waals surface area (Å²) in [6, 6.07) is 14.0. The second-order valence-corrected chi connectivity index (χ2v) is 7.33. The molecule has 0 atom stereocenters. The minimum Gasteiger partial charge on any atom is -0.450 e. The molecule has 1 aliphatic rings. The topological polar surface area (TPSA) is 33.5 Å². The van der Waals surface area contributed by atoms with E-state index in [0.29, 0.717) is 15.0 Å². The summed E-state index contributed by atoms with van der Waals surface area (Å²) in [5, 5.41) is 0.835. The molecular formula is C16H13NO2S3. The lowest BCUT2D eigenvalue weighted by atomic mass is 10.2. The van der Waals surface area contributed by atoms with Crippen molar-refractivity contribution in [3.63, 3.8) is 0 Å². The minimum atomic E-state index is -0.0788. The number of thioether (sulfide) groups is 2. The second kappa shape index (κ2) is 6.73. The number of carbonyl (C=O) groups excluding carboxylic acids is 1. The molecule has 112 valence electrons. The Morgan fingerprint density at radius 2 is 2.05 bits per heavy atom. The van der Waals surface area contributed by atoms with Gasteiger partial charge in [-0.05, 0) is 17.7 Å². The van der Waals surface area contributed by atoms with Crippen LogP contribution in [-0.4, -0.2) is 22.2 Å². The van der Waals surface area contributed by atoms with Crippen LogP contribution in [0.2, 0.25) is 0 Å². The minimum absolute atomic E-state index is 0.0788. The third kappa shape index (κ3) is 3.45. The van der Waals surface area contributed by atoms with Crippen molar-refractivity contribution < 1.29 is 9.21 Å². The molecule has 0 bridgehead atoms. The van der Waals surface area contributed by atoms with Gasteiger partial charge in [0.15, 0.2) is 5.09 Å². The van der Waals surface area contributed by atoms with Crippen LogP contribution in [0.5, 0.6) is 0 Å². The number of hydrogen-bond acceptors (Lipinski definition) is 5. The summed E-state index contributed by atoms with van der Waals surface area (Å²) in [5.74, 6) is 1.44. The number of amides is 1. The molecule has 2 heterocycles. The first-order valence-corrected chi connectivity index (χ1v) is 8.82. The molecule has 22 heavy (non-hydrogen) atoms. The lowest BCUT2D eigenvalue weighted by Gasteiger charge is -2.03. The lowest BCUT2D eigenvalue weighted by molar-refractivity contribution is -0.121. The summed E-state index contributed by atoms with van der Waals surface area (Å²) in [4.78, 5) is 14.0. The number of furan rings is 1. The van der Waals surface area contributed by atoms with Crippen LogP contribution in [0.25, 0.3) is 6.08 Å². The van der Waals surface area contributed by atoms with Crippen molar-refractivity contribution in [1.29, 1.82) is 0 Å². The van der Waals surface area contributed by atoms with E-state index in [0.717, 1.165) is 10.8 Å². The quantitative estimate of drug-likeness (QED) is 0.465. The molecule has 2 aromatic rings. The van der Waals surface area contributed by atoms with E-state index < -0.39 is 0 Å². The number of likely N-dealkylation sites (N-methyl/N-ethyl adjacent to an activating group) is 1. The Balaban J connectivity index is 1.67. The molecule has 1 amide bonds. The van der Waals surface area contributed by atoms with Gasteiger partial charge in [0.25, 0.3) is 5.91 Å². The molecule has 1 aromatic heterocycles. The number of hydrogen-bond donors (Lipinski definition) is 0. The Labute approximate surface area is 142 Å². The van der Waals surface area contributed by atoms with E-state index in [1.54, 1.807) is 24.9 Å². The fourth-order valence-corrected chi connectivity index (χ4v) is 3.87. The highest BCUT2D eigenvalue weighted by atomic mass is 32.2. The van der Waals surface area contributed by atoms with E-state index in [-0.39, 0.29) is 5.91 Å². The first-order chi connectivity index (χ1) is 10.6. The van der Waals surface area contributed by atoms with Gasteiger partial charge in [-0.2, -0.15) is 0 Å². The van der Waals surface area contributed by atoms with E-state index >= 15 is 0 Å². The van der Waals surface area contributed by atoms with Gasteiger partial charge in [-0.3, -0.25) is 9.69 Å². The van der Waals surface area contributed by atoms with Crippen LogP contribution in [-0.2, 0) is 10.5 Å². The van der Waals surface area contributed by atoms with Gasteiger partial charge >= 0.3 is 0 Å².